The zero-order valence-electron chi connectivity index (χ0n) is 11.0. The largest absolute Gasteiger partial charge is 0.279 e. The number of carbonyl (C=O) groups is 1. The van der Waals surface area contributed by atoms with Gasteiger partial charge in [0.15, 0.2) is 0 Å². The third-order valence-corrected chi connectivity index (χ3v) is 4.89. The molecule has 2 aliphatic rings. The maximum absolute atomic E-state index is 12.5. The highest BCUT2D eigenvalue weighted by Gasteiger charge is 2.35. The fourth-order valence-corrected chi connectivity index (χ4v) is 3.85. The molecule has 0 radical (unpaired) electrons. The van der Waals surface area contributed by atoms with E-state index in [-0.39, 0.29) is 11.8 Å². The Kier molecular flexibility index (Phi) is 2.51. The predicted molar refractivity (Wildman–Crippen MR) is 81.6 cm³/mol. The van der Waals surface area contributed by atoms with Crippen LogP contribution < -0.4 is 4.90 Å². The van der Waals surface area contributed by atoms with E-state index in [1.807, 2.05) is 42.2 Å². The molecule has 2 aliphatic heterocycles. The minimum Gasteiger partial charge on any atom is -0.279 e. The smallest absolute Gasteiger partial charge is 0.238 e. The second-order valence-corrected chi connectivity index (χ2v) is 6.16. The van der Waals surface area contributed by atoms with Crippen molar-refractivity contribution in [2.24, 2.45) is 5.92 Å². The topological polar surface area (TPSA) is 20.3 Å². The van der Waals surface area contributed by atoms with Gasteiger partial charge < -0.3 is 0 Å². The number of para-hydroxylation sites is 1. The summed E-state index contributed by atoms with van der Waals surface area (Å²) in [5.74, 6) is 0.0963. The molecule has 0 saturated heterocycles. The van der Waals surface area contributed by atoms with Crippen LogP contribution in [0.25, 0.3) is 5.70 Å². The van der Waals surface area contributed by atoms with Gasteiger partial charge in [0.1, 0.15) is 0 Å². The summed E-state index contributed by atoms with van der Waals surface area (Å²) >= 11 is 1.73. The summed E-state index contributed by atoms with van der Waals surface area (Å²) in [7, 11) is 0. The molecule has 2 aromatic rings. The SMILES string of the molecule is CC1C=C2c3ccccc3Sc3ccccc3N2C1=O. The fourth-order valence-electron chi connectivity index (χ4n) is 2.78. The highest BCUT2D eigenvalue weighted by atomic mass is 32.2. The monoisotopic (exact) mass is 279 g/mol. The Morgan fingerprint density at radius 2 is 1.70 bits per heavy atom. The molecule has 98 valence electrons. The van der Waals surface area contributed by atoms with Gasteiger partial charge >= 0.3 is 0 Å². The Hall–Kier alpha value is -2.00. The number of rotatable bonds is 0. The van der Waals surface area contributed by atoms with Gasteiger partial charge in [0, 0.05) is 15.4 Å². The van der Waals surface area contributed by atoms with Crippen LogP contribution in [0.4, 0.5) is 5.69 Å². The first-order valence-corrected chi connectivity index (χ1v) is 7.49. The summed E-state index contributed by atoms with van der Waals surface area (Å²) in [6.07, 6.45) is 2.07. The van der Waals surface area contributed by atoms with Gasteiger partial charge in [0.2, 0.25) is 5.91 Å². The van der Waals surface area contributed by atoms with Crippen LogP contribution in [0.3, 0.4) is 0 Å². The molecule has 0 fully saturated rings. The molecule has 3 heteroatoms. The molecule has 0 spiro atoms. The Labute approximate surface area is 122 Å². The lowest BCUT2D eigenvalue weighted by Gasteiger charge is -2.21. The van der Waals surface area contributed by atoms with Crippen molar-refractivity contribution in [3.8, 4) is 0 Å². The number of benzene rings is 2. The van der Waals surface area contributed by atoms with Crippen molar-refractivity contribution in [1.82, 2.24) is 0 Å². The van der Waals surface area contributed by atoms with E-state index in [4.69, 9.17) is 0 Å². The van der Waals surface area contributed by atoms with Crippen LogP contribution in [0.15, 0.2) is 64.4 Å². The van der Waals surface area contributed by atoms with E-state index in [1.165, 1.54) is 4.90 Å². The van der Waals surface area contributed by atoms with E-state index < -0.39 is 0 Å². The molecule has 0 aromatic heterocycles. The Morgan fingerprint density at radius 3 is 2.55 bits per heavy atom. The molecule has 20 heavy (non-hydrogen) atoms. The molecular weight excluding hydrogens is 266 g/mol. The first-order chi connectivity index (χ1) is 9.75. The van der Waals surface area contributed by atoms with E-state index in [9.17, 15) is 4.79 Å². The normalized spacial score (nSPS) is 19.9. The number of nitrogens with zero attached hydrogens (tertiary/aromatic N) is 1. The van der Waals surface area contributed by atoms with Crippen molar-refractivity contribution in [3.05, 3.63) is 60.2 Å². The van der Waals surface area contributed by atoms with Crippen molar-refractivity contribution in [2.75, 3.05) is 4.90 Å². The van der Waals surface area contributed by atoms with Crippen LogP contribution in [0.2, 0.25) is 0 Å². The van der Waals surface area contributed by atoms with E-state index >= 15 is 0 Å². The van der Waals surface area contributed by atoms with E-state index in [1.54, 1.807) is 11.8 Å². The van der Waals surface area contributed by atoms with Crippen molar-refractivity contribution in [1.29, 1.82) is 0 Å². The number of hydrogen-bond acceptors (Lipinski definition) is 2. The molecule has 1 atom stereocenters. The molecule has 1 amide bonds. The molecule has 0 saturated carbocycles. The number of fused-ring (bicyclic) bond motifs is 5. The second kappa shape index (κ2) is 4.25. The second-order valence-electron chi connectivity index (χ2n) is 5.08. The van der Waals surface area contributed by atoms with Gasteiger partial charge in [-0.2, -0.15) is 0 Å². The first kappa shape index (κ1) is 11.8. The lowest BCUT2D eigenvalue weighted by Crippen LogP contribution is -2.27. The van der Waals surface area contributed by atoms with Crippen molar-refractivity contribution >= 4 is 29.1 Å². The van der Waals surface area contributed by atoms with Gasteiger partial charge in [-0.25, -0.2) is 0 Å². The minimum absolute atomic E-state index is 0.0609. The summed E-state index contributed by atoms with van der Waals surface area (Å²) in [5.41, 5.74) is 3.16. The van der Waals surface area contributed by atoms with Crippen LogP contribution in [0, 0.1) is 5.92 Å². The van der Waals surface area contributed by atoms with Crippen molar-refractivity contribution in [3.63, 3.8) is 0 Å². The zero-order chi connectivity index (χ0) is 13.7. The Morgan fingerprint density at radius 1 is 1.00 bits per heavy atom. The molecular formula is C17H13NOS. The molecule has 2 aromatic carbocycles. The first-order valence-electron chi connectivity index (χ1n) is 6.68. The number of anilines is 1. The molecule has 0 N–H and O–H groups in total. The van der Waals surface area contributed by atoms with Gasteiger partial charge in [0.25, 0.3) is 0 Å². The Bertz CT molecular complexity index is 750. The molecule has 1 unspecified atom stereocenters. The van der Waals surface area contributed by atoms with E-state index in [2.05, 4.69) is 24.3 Å². The quantitative estimate of drug-likeness (QED) is 0.721. The van der Waals surface area contributed by atoms with Gasteiger partial charge in [-0.3, -0.25) is 9.69 Å². The molecule has 4 rings (SSSR count). The van der Waals surface area contributed by atoms with Gasteiger partial charge in [-0.05, 0) is 31.2 Å². The predicted octanol–water partition coefficient (Wildman–Crippen LogP) is 4.18. The van der Waals surface area contributed by atoms with Crippen molar-refractivity contribution < 1.29 is 4.79 Å². The van der Waals surface area contributed by atoms with E-state index in [0.717, 1.165) is 21.8 Å². The van der Waals surface area contributed by atoms with Gasteiger partial charge in [0.05, 0.1) is 17.3 Å². The fraction of sp³-hybridized carbons (Fsp3) is 0.118. The lowest BCUT2D eigenvalue weighted by atomic mass is 10.1. The van der Waals surface area contributed by atoms with Crippen LogP contribution in [0.1, 0.15) is 12.5 Å². The maximum atomic E-state index is 12.5. The average Bonchev–Trinajstić information content (AvgIpc) is 2.68. The van der Waals surface area contributed by atoms with Crippen molar-refractivity contribution in [2.45, 2.75) is 16.7 Å². The Balaban J connectivity index is 2.03. The summed E-state index contributed by atoms with van der Waals surface area (Å²) in [6, 6.07) is 16.4. The molecule has 0 aliphatic carbocycles. The number of carbonyl (C=O) groups excluding carboxylic acids is 1. The molecule has 0 bridgehead atoms. The minimum atomic E-state index is -0.0609. The zero-order valence-corrected chi connectivity index (χ0v) is 11.9. The standard InChI is InChI=1S/C17H13NOS/c1-11-10-14-12-6-2-4-8-15(12)20-16-9-5-3-7-13(16)18(14)17(11)19/h2-11H,1H3. The summed E-state index contributed by atoms with van der Waals surface area (Å²) in [5, 5.41) is 0. The van der Waals surface area contributed by atoms with Gasteiger partial charge in [-0.1, -0.05) is 42.1 Å². The summed E-state index contributed by atoms with van der Waals surface area (Å²) in [4.78, 5) is 16.7. The maximum Gasteiger partial charge on any atom is 0.238 e. The van der Waals surface area contributed by atoms with Crippen LogP contribution in [-0.2, 0) is 4.79 Å². The lowest BCUT2D eigenvalue weighted by molar-refractivity contribution is -0.119. The third kappa shape index (κ3) is 1.56. The highest BCUT2D eigenvalue weighted by Crippen LogP contribution is 2.47. The van der Waals surface area contributed by atoms with Crippen LogP contribution in [-0.4, -0.2) is 5.91 Å². The third-order valence-electron chi connectivity index (χ3n) is 3.75. The average molecular weight is 279 g/mol. The summed E-state index contributed by atoms with van der Waals surface area (Å²) in [6.45, 7) is 1.96. The van der Waals surface area contributed by atoms with Crippen LogP contribution in [0.5, 0.6) is 0 Å². The number of amides is 1. The highest BCUT2D eigenvalue weighted by molar-refractivity contribution is 7.99. The summed E-state index contributed by atoms with van der Waals surface area (Å²) < 4.78 is 0. The van der Waals surface area contributed by atoms with Gasteiger partial charge in [-0.15, -0.1) is 0 Å². The van der Waals surface area contributed by atoms with Crippen LogP contribution >= 0.6 is 11.8 Å². The molecule has 2 nitrogen and oxygen atoms in total. The van der Waals surface area contributed by atoms with E-state index in [0.29, 0.717) is 0 Å². The molecule has 2 heterocycles. The number of hydrogen-bond donors (Lipinski definition) is 0.